The molecule has 1 unspecified atom stereocenters. The van der Waals surface area contributed by atoms with Crippen LogP contribution >= 0.6 is 18.7 Å². The number of benzene rings is 2. The summed E-state index contributed by atoms with van der Waals surface area (Å²) in [4.78, 5) is 53.4. The van der Waals surface area contributed by atoms with E-state index in [1.165, 1.54) is 0 Å². The van der Waals surface area contributed by atoms with E-state index in [0.717, 1.165) is 36.0 Å². The standard InChI is InChI=1S/C33H38ClN4O5P/c1-44(2,43)24-11-10-23(27(34)19-24)18-28(35)33(42)37-16-14-21(15-17-37)6-3-4-7-22-8-5-9-25-26(22)20-38(32(25)41)29-12-13-30(39)36-31(29)40/h5,8-11,19,21,28-29H,3,6,12-18,20,35H2,1-2H3,(H,36,39,40)/t28-,29?/m0/s1. The molecule has 0 radical (unpaired) electrons. The molecule has 3 aliphatic rings. The average molecular weight is 637 g/mol. The third-order valence-corrected chi connectivity index (χ3v) is 10.7. The summed E-state index contributed by atoms with van der Waals surface area (Å²) < 4.78 is 12.3. The number of hydrogen-bond donors (Lipinski definition) is 2. The van der Waals surface area contributed by atoms with Crippen LogP contribution in [-0.2, 0) is 31.9 Å². The Morgan fingerprint density at radius 3 is 2.57 bits per heavy atom. The van der Waals surface area contributed by atoms with Crippen molar-refractivity contribution in [3.05, 3.63) is 63.7 Å². The van der Waals surface area contributed by atoms with Crippen molar-refractivity contribution in [2.45, 2.75) is 63.6 Å². The van der Waals surface area contributed by atoms with E-state index in [4.69, 9.17) is 17.3 Å². The van der Waals surface area contributed by atoms with Gasteiger partial charge >= 0.3 is 0 Å². The molecule has 0 spiro atoms. The lowest BCUT2D eigenvalue weighted by atomic mass is 9.91. The minimum Gasteiger partial charge on any atom is -0.341 e. The lowest BCUT2D eigenvalue weighted by Gasteiger charge is -2.33. The molecule has 9 nitrogen and oxygen atoms in total. The maximum atomic E-state index is 13.1. The Morgan fingerprint density at radius 2 is 1.89 bits per heavy atom. The van der Waals surface area contributed by atoms with E-state index < -0.39 is 25.1 Å². The molecule has 2 saturated heterocycles. The highest BCUT2D eigenvalue weighted by Gasteiger charge is 2.39. The first kappa shape index (κ1) is 32.0. The molecular weight excluding hydrogens is 599 g/mol. The molecule has 2 fully saturated rings. The molecule has 232 valence electrons. The van der Waals surface area contributed by atoms with Crippen LogP contribution in [0.5, 0.6) is 0 Å². The maximum Gasteiger partial charge on any atom is 0.255 e. The number of nitrogens with zero attached hydrogens (tertiary/aromatic N) is 2. The number of hydrogen-bond acceptors (Lipinski definition) is 6. The minimum absolute atomic E-state index is 0.0844. The summed E-state index contributed by atoms with van der Waals surface area (Å²) in [6, 6.07) is 9.45. The normalized spacial score (nSPS) is 19.7. The van der Waals surface area contributed by atoms with E-state index in [2.05, 4.69) is 17.2 Å². The molecule has 3 aliphatic heterocycles. The van der Waals surface area contributed by atoms with E-state index in [0.29, 0.717) is 60.7 Å². The number of rotatable bonds is 7. The molecule has 4 amide bonds. The first-order valence-corrected chi connectivity index (χ1v) is 18.0. The smallest absolute Gasteiger partial charge is 0.255 e. The summed E-state index contributed by atoms with van der Waals surface area (Å²) in [5.74, 6) is 5.94. The zero-order valence-corrected chi connectivity index (χ0v) is 26.8. The van der Waals surface area contributed by atoms with Crippen molar-refractivity contribution in [2.75, 3.05) is 26.4 Å². The van der Waals surface area contributed by atoms with Gasteiger partial charge in [0.15, 0.2) is 0 Å². The molecular formula is C33H38ClN4O5P. The molecule has 2 atom stereocenters. The molecule has 2 aromatic rings. The van der Waals surface area contributed by atoms with Gasteiger partial charge in [-0.15, -0.1) is 0 Å². The number of nitrogens with one attached hydrogen (secondary N) is 1. The number of carbonyl (C=O) groups excluding carboxylic acids is 4. The second-order valence-corrected chi connectivity index (χ2v) is 15.9. The van der Waals surface area contributed by atoms with Crippen molar-refractivity contribution in [2.24, 2.45) is 11.7 Å². The second kappa shape index (κ2) is 13.3. The first-order valence-electron chi connectivity index (χ1n) is 15.1. The number of amides is 4. The van der Waals surface area contributed by atoms with Gasteiger partial charge in [-0.3, -0.25) is 24.5 Å². The highest BCUT2D eigenvalue weighted by molar-refractivity contribution is 7.70. The molecule has 0 bridgehead atoms. The van der Waals surface area contributed by atoms with Crippen LogP contribution in [0.3, 0.4) is 0 Å². The lowest BCUT2D eigenvalue weighted by molar-refractivity contribution is -0.137. The monoisotopic (exact) mass is 636 g/mol. The van der Waals surface area contributed by atoms with E-state index >= 15 is 0 Å². The van der Waals surface area contributed by atoms with Crippen LogP contribution in [0, 0.1) is 17.8 Å². The Morgan fingerprint density at radius 1 is 1.14 bits per heavy atom. The second-order valence-electron chi connectivity index (χ2n) is 12.3. The number of nitrogens with two attached hydrogens (primary N) is 1. The van der Waals surface area contributed by atoms with Crippen molar-refractivity contribution in [1.29, 1.82) is 0 Å². The highest BCUT2D eigenvalue weighted by Crippen LogP contribution is 2.36. The summed E-state index contributed by atoms with van der Waals surface area (Å²) in [5.41, 5.74) is 9.23. The van der Waals surface area contributed by atoms with Crippen LogP contribution in [-0.4, -0.2) is 71.9 Å². The summed E-state index contributed by atoms with van der Waals surface area (Å²) in [7, 11) is -2.42. The highest BCUT2D eigenvalue weighted by atomic mass is 35.5. The SMILES string of the molecule is CP(C)(=O)c1ccc(C[C@H](N)C(=O)N2CCC(CCC#Cc3cccc4c3CN(C3CCC(=O)NC3=O)C4=O)CC2)c(Cl)c1. The molecule has 44 heavy (non-hydrogen) atoms. The van der Waals surface area contributed by atoms with Gasteiger partial charge in [-0.05, 0) is 80.7 Å². The summed E-state index contributed by atoms with van der Waals surface area (Å²) in [6.45, 7) is 4.99. The fraction of sp³-hybridized carbons (Fsp3) is 0.455. The van der Waals surface area contributed by atoms with E-state index in [9.17, 15) is 23.7 Å². The minimum atomic E-state index is -2.42. The molecule has 11 heteroatoms. The molecule has 3 heterocycles. The lowest BCUT2D eigenvalue weighted by Crippen LogP contribution is -2.52. The van der Waals surface area contributed by atoms with Crippen LogP contribution in [0.15, 0.2) is 36.4 Å². The van der Waals surface area contributed by atoms with Crippen LogP contribution in [0.2, 0.25) is 5.02 Å². The van der Waals surface area contributed by atoms with E-state index in [1.54, 1.807) is 36.4 Å². The molecule has 5 rings (SSSR count). The van der Waals surface area contributed by atoms with Gasteiger partial charge in [0, 0.05) is 53.9 Å². The van der Waals surface area contributed by atoms with E-state index in [1.807, 2.05) is 23.1 Å². The topological polar surface area (TPSA) is 130 Å². The van der Waals surface area contributed by atoms with Gasteiger partial charge in [0.05, 0.1) is 6.04 Å². The van der Waals surface area contributed by atoms with Gasteiger partial charge in [0.25, 0.3) is 5.91 Å². The Balaban J connectivity index is 1.10. The van der Waals surface area contributed by atoms with Gasteiger partial charge in [-0.2, -0.15) is 0 Å². The summed E-state index contributed by atoms with van der Waals surface area (Å²) >= 11 is 6.42. The quantitative estimate of drug-likeness (QED) is 0.273. The van der Waals surface area contributed by atoms with Crippen LogP contribution in [0.1, 0.15) is 65.6 Å². The van der Waals surface area contributed by atoms with Gasteiger partial charge in [0.1, 0.15) is 13.2 Å². The van der Waals surface area contributed by atoms with Crippen molar-refractivity contribution in [1.82, 2.24) is 15.1 Å². The van der Waals surface area contributed by atoms with Crippen molar-refractivity contribution in [3.63, 3.8) is 0 Å². The molecule has 0 aromatic heterocycles. The molecule has 0 aliphatic carbocycles. The van der Waals surface area contributed by atoms with Crippen molar-refractivity contribution < 1.29 is 23.7 Å². The average Bonchev–Trinajstić information content (AvgIpc) is 3.32. The number of piperidine rings is 2. The van der Waals surface area contributed by atoms with Gasteiger partial charge in [0.2, 0.25) is 17.7 Å². The Labute approximate surface area is 263 Å². The van der Waals surface area contributed by atoms with Gasteiger partial charge in [-0.1, -0.05) is 41.6 Å². The third-order valence-electron chi connectivity index (χ3n) is 8.82. The molecule has 2 aromatic carbocycles. The first-order chi connectivity index (χ1) is 20.9. The fourth-order valence-corrected chi connectivity index (χ4v) is 7.38. The Bertz CT molecular complexity index is 1600. The number of carbonyl (C=O) groups is 4. The van der Waals surface area contributed by atoms with Gasteiger partial charge in [-0.25, -0.2) is 0 Å². The van der Waals surface area contributed by atoms with Crippen LogP contribution in [0.4, 0.5) is 0 Å². The third kappa shape index (κ3) is 7.10. The summed E-state index contributed by atoms with van der Waals surface area (Å²) in [6.07, 6.45) is 4.25. The van der Waals surface area contributed by atoms with E-state index in [-0.39, 0.29) is 24.1 Å². The zero-order chi connectivity index (χ0) is 31.6. The van der Waals surface area contributed by atoms with Crippen LogP contribution in [0.25, 0.3) is 0 Å². The predicted molar refractivity (Wildman–Crippen MR) is 170 cm³/mol. The number of fused-ring (bicyclic) bond motifs is 1. The Kier molecular flexibility index (Phi) is 9.65. The summed E-state index contributed by atoms with van der Waals surface area (Å²) in [5, 5.41) is 3.52. The predicted octanol–water partition coefficient (Wildman–Crippen LogP) is 3.29. The number of imide groups is 1. The van der Waals surface area contributed by atoms with Crippen molar-refractivity contribution >= 4 is 47.7 Å². The molecule has 3 N–H and O–H groups in total. The number of likely N-dealkylation sites (tertiary alicyclic amines) is 1. The van der Waals surface area contributed by atoms with Crippen molar-refractivity contribution in [3.8, 4) is 11.8 Å². The zero-order valence-electron chi connectivity index (χ0n) is 25.1. The largest absolute Gasteiger partial charge is 0.341 e. The number of halogens is 1. The fourth-order valence-electron chi connectivity index (χ4n) is 6.17. The maximum absolute atomic E-state index is 13.1. The Hall–Kier alpha value is -3.44. The van der Waals surface area contributed by atoms with Crippen LogP contribution < -0.4 is 16.4 Å². The molecule has 0 saturated carbocycles. The van der Waals surface area contributed by atoms with Gasteiger partial charge < -0.3 is 20.1 Å².